The number of rotatable bonds is 5. The summed E-state index contributed by atoms with van der Waals surface area (Å²) in [6.45, 7) is -0.453. The summed E-state index contributed by atoms with van der Waals surface area (Å²) in [5.74, 6) is -0.784. The topological polar surface area (TPSA) is 102 Å². The molecule has 0 fully saturated rings. The maximum Gasteiger partial charge on any atom is 0.338 e. The van der Waals surface area contributed by atoms with Crippen molar-refractivity contribution < 1.29 is 19.6 Å². The summed E-state index contributed by atoms with van der Waals surface area (Å²) in [5, 5.41) is 19.0. The lowest BCUT2D eigenvalue weighted by Crippen LogP contribution is -2.02. The molecule has 0 heterocycles. The molecular formula is C10H10N2O5. The largest absolute Gasteiger partial charge is 0.497 e. The minimum Gasteiger partial charge on any atom is -0.497 e. The molecule has 17 heavy (non-hydrogen) atoms. The molecular weight excluding hydrogens is 228 g/mol. The first-order valence-electron chi connectivity index (χ1n) is 4.60. The number of nitrogens with zero attached hydrogens (tertiary/aromatic N) is 2. The Morgan fingerprint density at radius 3 is 2.88 bits per heavy atom. The number of benzene rings is 1. The highest BCUT2D eigenvalue weighted by atomic mass is 16.6. The van der Waals surface area contributed by atoms with E-state index >= 15 is 0 Å². The average Bonchev–Trinajstić information content (AvgIpc) is 2.28. The first kappa shape index (κ1) is 12.6. The van der Waals surface area contributed by atoms with Crippen molar-refractivity contribution >= 4 is 17.9 Å². The molecule has 0 saturated heterocycles. The number of nitro groups is 1. The number of hydrogen-bond donors (Lipinski definition) is 1. The Morgan fingerprint density at radius 1 is 1.65 bits per heavy atom. The summed E-state index contributed by atoms with van der Waals surface area (Å²) in [6, 6.07) is 4.27. The third-order valence-electron chi connectivity index (χ3n) is 1.90. The van der Waals surface area contributed by atoms with Crippen molar-refractivity contribution in [1.29, 1.82) is 0 Å². The summed E-state index contributed by atoms with van der Waals surface area (Å²) in [7, 11) is 1.41. The van der Waals surface area contributed by atoms with Crippen molar-refractivity contribution in [3.05, 3.63) is 33.9 Å². The zero-order chi connectivity index (χ0) is 12.8. The van der Waals surface area contributed by atoms with Crippen LogP contribution in [0.4, 0.5) is 5.69 Å². The number of ether oxygens (including phenoxy) is 1. The molecule has 0 atom stereocenters. The van der Waals surface area contributed by atoms with Gasteiger partial charge in [-0.1, -0.05) is 0 Å². The highest BCUT2D eigenvalue weighted by Gasteiger charge is 2.10. The Hall–Kier alpha value is -2.44. The second-order valence-corrected chi connectivity index (χ2v) is 3.02. The lowest BCUT2D eigenvalue weighted by atomic mass is 10.1. The predicted octanol–water partition coefficient (Wildman–Crippen LogP) is 1.37. The number of hydrogen-bond acceptors (Lipinski definition) is 5. The van der Waals surface area contributed by atoms with Crippen LogP contribution in [0.15, 0.2) is 23.2 Å². The van der Waals surface area contributed by atoms with E-state index in [4.69, 9.17) is 9.84 Å². The van der Waals surface area contributed by atoms with Gasteiger partial charge in [-0.3, -0.25) is 15.1 Å². The molecule has 0 aliphatic heterocycles. The standard InChI is InChI=1S/C10H10N2O5/c1-17-7-2-3-9(8(6-7)10(13)14)11-4-5-12(15)16/h2-4,6H,5H2,1H3,(H,13,14). The van der Waals surface area contributed by atoms with Crippen molar-refractivity contribution in [1.82, 2.24) is 0 Å². The number of carboxylic acids is 1. The summed E-state index contributed by atoms with van der Waals surface area (Å²) < 4.78 is 4.88. The number of carboxylic acid groups (broad SMARTS) is 1. The van der Waals surface area contributed by atoms with E-state index in [2.05, 4.69) is 4.99 Å². The quantitative estimate of drug-likeness (QED) is 0.474. The van der Waals surface area contributed by atoms with Gasteiger partial charge >= 0.3 is 5.97 Å². The molecule has 1 N–H and O–H groups in total. The van der Waals surface area contributed by atoms with E-state index in [9.17, 15) is 14.9 Å². The van der Waals surface area contributed by atoms with Gasteiger partial charge in [0.1, 0.15) is 5.75 Å². The zero-order valence-corrected chi connectivity index (χ0v) is 8.99. The van der Waals surface area contributed by atoms with Crippen LogP contribution >= 0.6 is 0 Å². The van der Waals surface area contributed by atoms with Crippen LogP contribution in [0.3, 0.4) is 0 Å². The maximum absolute atomic E-state index is 10.9. The second kappa shape index (κ2) is 5.59. The Kier molecular flexibility index (Phi) is 4.15. The first-order chi connectivity index (χ1) is 8.04. The third-order valence-corrected chi connectivity index (χ3v) is 1.90. The van der Waals surface area contributed by atoms with Crippen LogP contribution in [0.5, 0.6) is 5.75 Å². The lowest BCUT2D eigenvalue weighted by molar-refractivity contribution is -0.462. The van der Waals surface area contributed by atoms with Gasteiger partial charge in [-0.2, -0.15) is 0 Å². The Balaban J connectivity index is 3.02. The van der Waals surface area contributed by atoms with Crippen LogP contribution in [-0.2, 0) is 0 Å². The highest BCUT2D eigenvalue weighted by Crippen LogP contribution is 2.24. The van der Waals surface area contributed by atoms with Crippen molar-refractivity contribution in [2.45, 2.75) is 0 Å². The molecule has 0 radical (unpaired) electrons. The van der Waals surface area contributed by atoms with E-state index in [1.165, 1.54) is 25.3 Å². The smallest absolute Gasteiger partial charge is 0.338 e. The van der Waals surface area contributed by atoms with Gasteiger partial charge < -0.3 is 9.84 Å². The maximum atomic E-state index is 10.9. The number of methoxy groups -OCH3 is 1. The fourth-order valence-corrected chi connectivity index (χ4v) is 1.13. The van der Waals surface area contributed by atoms with Gasteiger partial charge in [0.25, 0.3) is 0 Å². The molecule has 0 aromatic heterocycles. The molecule has 0 spiro atoms. The van der Waals surface area contributed by atoms with E-state index in [0.717, 1.165) is 6.21 Å². The minimum atomic E-state index is -1.17. The first-order valence-corrected chi connectivity index (χ1v) is 4.60. The molecule has 0 amide bonds. The van der Waals surface area contributed by atoms with Crippen molar-refractivity contribution in [2.75, 3.05) is 13.7 Å². The van der Waals surface area contributed by atoms with Gasteiger partial charge in [-0.15, -0.1) is 0 Å². The number of aromatic carboxylic acids is 1. The lowest BCUT2D eigenvalue weighted by Gasteiger charge is -2.03. The van der Waals surface area contributed by atoms with Crippen molar-refractivity contribution in [3.63, 3.8) is 0 Å². The molecule has 90 valence electrons. The monoisotopic (exact) mass is 238 g/mol. The van der Waals surface area contributed by atoms with E-state index in [1.807, 2.05) is 0 Å². The summed E-state index contributed by atoms with van der Waals surface area (Å²) in [5.41, 5.74) is 0.0871. The minimum absolute atomic E-state index is 0.0658. The second-order valence-electron chi connectivity index (χ2n) is 3.02. The van der Waals surface area contributed by atoms with Crippen LogP contribution in [0.25, 0.3) is 0 Å². The normalized spacial score (nSPS) is 10.4. The molecule has 7 heteroatoms. The van der Waals surface area contributed by atoms with Crippen LogP contribution < -0.4 is 4.74 Å². The van der Waals surface area contributed by atoms with Crippen LogP contribution in [0.1, 0.15) is 10.4 Å². The van der Waals surface area contributed by atoms with Crippen molar-refractivity contribution in [2.24, 2.45) is 4.99 Å². The van der Waals surface area contributed by atoms with Gasteiger partial charge in [0.15, 0.2) is 0 Å². The van der Waals surface area contributed by atoms with Crippen LogP contribution in [0.2, 0.25) is 0 Å². The molecule has 0 unspecified atom stereocenters. The average molecular weight is 238 g/mol. The number of aliphatic imine (C=N–C) groups is 1. The van der Waals surface area contributed by atoms with Gasteiger partial charge in [0.05, 0.1) is 24.6 Å². The van der Waals surface area contributed by atoms with Crippen LogP contribution in [-0.4, -0.2) is 35.9 Å². The molecule has 0 saturated carbocycles. The zero-order valence-electron chi connectivity index (χ0n) is 8.99. The van der Waals surface area contributed by atoms with Crippen LogP contribution in [0, 0.1) is 10.1 Å². The summed E-state index contributed by atoms with van der Waals surface area (Å²) in [4.78, 5) is 24.2. The Bertz CT molecular complexity index is 470. The fraction of sp³-hybridized carbons (Fsp3) is 0.200. The number of carbonyl (C=O) groups is 1. The van der Waals surface area contributed by atoms with Gasteiger partial charge in [-0.05, 0) is 18.2 Å². The fourth-order valence-electron chi connectivity index (χ4n) is 1.13. The summed E-state index contributed by atoms with van der Waals surface area (Å²) in [6.07, 6.45) is 1.05. The van der Waals surface area contributed by atoms with Gasteiger partial charge in [0, 0.05) is 4.92 Å². The van der Waals surface area contributed by atoms with E-state index in [1.54, 1.807) is 0 Å². The van der Waals surface area contributed by atoms with E-state index < -0.39 is 17.4 Å². The molecule has 0 aliphatic carbocycles. The van der Waals surface area contributed by atoms with Gasteiger partial charge in [-0.25, -0.2) is 4.79 Å². The SMILES string of the molecule is COc1ccc(N=CC[N+](=O)[O-])c(C(=O)O)c1. The molecule has 1 rings (SSSR count). The Labute approximate surface area is 96.5 Å². The third kappa shape index (κ3) is 3.56. The highest BCUT2D eigenvalue weighted by molar-refractivity contribution is 5.94. The van der Waals surface area contributed by atoms with E-state index in [-0.39, 0.29) is 11.3 Å². The van der Waals surface area contributed by atoms with E-state index in [0.29, 0.717) is 5.75 Å². The molecule has 0 aliphatic rings. The molecule has 0 bridgehead atoms. The molecule has 1 aromatic carbocycles. The predicted molar refractivity (Wildman–Crippen MR) is 60.0 cm³/mol. The van der Waals surface area contributed by atoms with Crippen molar-refractivity contribution in [3.8, 4) is 5.75 Å². The van der Waals surface area contributed by atoms with Gasteiger partial charge in [0.2, 0.25) is 6.54 Å². The summed E-state index contributed by atoms with van der Waals surface area (Å²) >= 11 is 0. The molecule has 1 aromatic rings. The Morgan fingerprint density at radius 2 is 2.35 bits per heavy atom. The molecule has 7 nitrogen and oxygen atoms in total.